The average Bonchev–Trinajstić information content (AvgIpc) is 2.14. The summed E-state index contributed by atoms with van der Waals surface area (Å²) in [6.45, 7) is 9.51. The first-order chi connectivity index (χ1) is 7.37. The summed E-state index contributed by atoms with van der Waals surface area (Å²) in [5, 5.41) is 5.98. The Labute approximate surface area is 96.9 Å². The molecule has 1 amide bonds. The van der Waals surface area contributed by atoms with Crippen molar-refractivity contribution in [3.05, 3.63) is 0 Å². The molecule has 1 rings (SSSR count). The van der Waals surface area contributed by atoms with E-state index >= 15 is 0 Å². The number of amides is 1. The van der Waals surface area contributed by atoms with Gasteiger partial charge in [-0.25, -0.2) is 4.79 Å². The number of morpholine rings is 1. The van der Waals surface area contributed by atoms with Crippen molar-refractivity contribution in [2.75, 3.05) is 19.7 Å². The minimum atomic E-state index is -0.454. The predicted molar refractivity (Wildman–Crippen MR) is 61.4 cm³/mol. The van der Waals surface area contributed by atoms with Crippen molar-refractivity contribution in [2.45, 2.75) is 45.4 Å². The smallest absolute Gasteiger partial charge is 0.407 e. The number of ether oxygens (including phenoxy) is 2. The maximum atomic E-state index is 11.4. The third kappa shape index (κ3) is 5.32. The fourth-order valence-corrected chi connectivity index (χ4v) is 1.37. The first-order valence-electron chi connectivity index (χ1n) is 5.68. The van der Waals surface area contributed by atoms with Gasteiger partial charge >= 0.3 is 6.09 Å². The molecule has 1 fully saturated rings. The molecular weight excluding hydrogens is 208 g/mol. The van der Waals surface area contributed by atoms with Crippen LogP contribution in [0.25, 0.3) is 0 Å². The molecule has 5 nitrogen and oxygen atoms in total. The van der Waals surface area contributed by atoms with Gasteiger partial charge in [-0.1, -0.05) is 0 Å². The maximum absolute atomic E-state index is 11.4. The molecule has 1 heterocycles. The molecule has 0 aromatic rings. The molecule has 0 saturated carbocycles. The second-order valence-electron chi connectivity index (χ2n) is 5.15. The largest absolute Gasteiger partial charge is 0.444 e. The normalized spacial score (nSPS) is 26.2. The third-order valence-electron chi connectivity index (χ3n) is 2.15. The first kappa shape index (κ1) is 13.3. The molecule has 2 N–H and O–H groups in total. The van der Waals surface area contributed by atoms with Gasteiger partial charge in [-0.3, -0.25) is 0 Å². The number of nitrogens with one attached hydrogen (secondary N) is 2. The zero-order valence-electron chi connectivity index (χ0n) is 10.5. The van der Waals surface area contributed by atoms with Crippen LogP contribution in [0.2, 0.25) is 0 Å². The number of alkyl carbamates (subject to hydrolysis) is 1. The monoisotopic (exact) mass is 230 g/mol. The van der Waals surface area contributed by atoms with E-state index in [0.29, 0.717) is 19.2 Å². The highest BCUT2D eigenvalue weighted by molar-refractivity contribution is 5.67. The lowest BCUT2D eigenvalue weighted by molar-refractivity contribution is 0.00458. The van der Waals surface area contributed by atoms with Crippen LogP contribution in [0.3, 0.4) is 0 Å². The van der Waals surface area contributed by atoms with Gasteiger partial charge in [0.1, 0.15) is 5.60 Å². The molecule has 0 aromatic heterocycles. The van der Waals surface area contributed by atoms with Gasteiger partial charge in [0.25, 0.3) is 0 Å². The molecule has 94 valence electrons. The van der Waals surface area contributed by atoms with Gasteiger partial charge < -0.3 is 20.1 Å². The van der Waals surface area contributed by atoms with E-state index in [9.17, 15) is 4.79 Å². The molecule has 1 aliphatic heterocycles. The second kappa shape index (κ2) is 5.50. The summed E-state index contributed by atoms with van der Waals surface area (Å²) in [6.07, 6.45) is -0.363. The van der Waals surface area contributed by atoms with Crippen molar-refractivity contribution in [1.82, 2.24) is 10.6 Å². The van der Waals surface area contributed by atoms with Crippen LogP contribution in [0.5, 0.6) is 0 Å². The Morgan fingerprint density at radius 2 is 2.25 bits per heavy atom. The molecule has 5 heteroatoms. The summed E-state index contributed by atoms with van der Waals surface area (Å²) >= 11 is 0. The van der Waals surface area contributed by atoms with Crippen LogP contribution in [-0.2, 0) is 9.47 Å². The van der Waals surface area contributed by atoms with Crippen LogP contribution < -0.4 is 10.6 Å². The van der Waals surface area contributed by atoms with Crippen LogP contribution in [0.1, 0.15) is 27.7 Å². The Hall–Kier alpha value is -0.810. The van der Waals surface area contributed by atoms with Crippen molar-refractivity contribution in [2.24, 2.45) is 0 Å². The van der Waals surface area contributed by atoms with Crippen molar-refractivity contribution < 1.29 is 14.3 Å². The first-order valence-corrected chi connectivity index (χ1v) is 5.68. The van der Waals surface area contributed by atoms with Gasteiger partial charge in [-0.2, -0.15) is 0 Å². The van der Waals surface area contributed by atoms with E-state index < -0.39 is 11.7 Å². The van der Waals surface area contributed by atoms with E-state index in [2.05, 4.69) is 17.6 Å². The summed E-state index contributed by atoms with van der Waals surface area (Å²) in [6, 6.07) is 0.387. The Morgan fingerprint density at radius 1 is 1.56 bits per heavy atom. The van der Waals surface area contributed by atoms with E-state index in [1.165, 1.54) is 0 Å². The predicted octanol–water partition coefficient (Wildman–Crippen LogP) is 0.888. The van der Waals surface area contributed by atoms with Gasteiger partial charge in [0.2, 0.25) is 0 Å². The summed E-state index contributed by atoms with van der Waals surface area (Å²) in [7, 11) is 0. The standard InChI is InChI=1S/C11H22N2O3/c1-8-7-15-9(5-12-8)6-13-10(14)16-11(2,3)4/h8-9,12H,5-7H2,1-4H3,(H,13,14)/t8-,9?/m0/s1. The molecular formula is C11H22N2O3. The number of hydrogen-bond donors (Lipinski definition) is 2. The molecule has 1 aliphatic rings. The highest BCUT2D eigenvalue weighted by Gasteiger charge is 2.20. The van der Waals surface area contributed by atoms with Crippen molar-refractivity contribution in [3.63, 3.8) is 0 Å². The van der Waals surface area contributed by atoms with Crippen LogP contribution >= 0.6 is 0 Å². The van der Waals surface area contributed by atoms with E-state index in [1.807, 2.05) is 20.8 Å². The van der Waals surface area contributed by atoms with Gasteiger partial charge in [0.15, 0.2) is 0 Å². The van der Waals surface area contributed by atoms with Gasteiger partial charge in [-0.05, 0) is 27.7 Å². The van der Waals surface area contributed by atoms with E-state index in [0.717, 1.165) is 6.54 Å². The number of hydrogen-bond acceptors (Lipinski definition) is 4. The topological polar surface area (TPSA) is 59.6 Å². The lowest BCUT2D eigenvalue weighted by atomic mass is 10.2. The highest BCUT2D eigenvalue weighted by atomic mass is 16.6. The van der Waals surface area contributed by atoms with Crippen LogP contribution in [0.4, 0.5) is 4.79 Å². The fraction of sp³-hybridized carbons (Fsp3) is 0.909. The zero-order chi connectivity index (χ0) is 12.2. The average molecular weight is 230 g/mol. The van der Waals surface area contributed by atoms with Crippen molar-refractivity contribution in [1.29, 1.82) is 0 Å². The van der Waals surface area contributed by atoms with Crippen LogP contribution in [0.15, 0.2) is 0 Å². The molecule has 0 aromatic carbocycles. The Bertz CT molecular complexity index is 230. The van der Waals surface area contributed by atoms with Gasteiger partial charge in [0, 0.05) is 19.1 Å². The lowest BCUT2D eigenvalue weighted by Crippen LogP contribution is -2.49. The van der Waals surface area contributed by atoms with E-state index in [-0.39, 0.29) is 6.10 Å². The molecule has 2 atom stereocenters. The van der Waals surface area contributed by atoms with Crippen molar-refractivity contribution >= 4 is 6.09 Å². The lowest BCUT2D eigenvalue weighted by Gasteiger charge is -2.28. The highest BCUT2D eigenvalue weighted by Crippen LogP contribution is 2.06. The SMILES string of the molecule is C[C@H]1COC(CNC(=O)OC(C)(C)C)CN1. The quantitative estimate of drug-likeness (QED) is 0.739. The molecule has 16 heavy (non-hydrogen) atoms. The molecule has 0 bridgehead atoms. The summed E-state index contributed by atoms with van der Waals surface area (Å²) in [5.74, 6) is 0. The number of carbonyl (C=O) groups excluding carboxylic acids is 1. The molecule has 1 unspecified atom stereocenters. The van der Waals surface area contributed by atoms with Gasteiger partial charge in [-0.15, -0.1) is 0 Å². The fourth-order valence-electron chi connectivity index (χ4n) is 1.37. The third-order valence-corrected chi connectivity index (χ3v) is 2.15. The molecule has 1 saturated heterocycles. The minimum absolute atomic E-state index is 0.0312. The summed E-state index contributed by atoms with van der Waals surface area (Å²) < 4.78 is 10.7. The van der Waals surface area contributed by atoms with Gasteiger partial charge in [0.05, 0.1) is 12.7 Å². The zero-order valence-corrected chi connectivity index (χ0v) is 10.5. The van der Waals surface area contributed by atoms with E-state index in [4.69, 9.17) is 9.47 Å². The Balaban J connectivity index is 2.17. The Kier molecular flexibility index (Phi) is 4.56. The number of rotatable bonds is 2. The van der Waals surface area contributed by atoms with Crippen LogP contribution in [-0.4, -0.2) is 43.5 Å². The summed E-state index contributed by atoms with van der Waals surface area (Å²) in [4.78, 5) is 11.4. The number of carbonyl (C=O) groups is 1. The summed E-state index contributed by atoms with van der Waals surface area (Å²) in [5.41, 5.74) is -0.454. The molecule has 0 spiro atoms. The van der Waals surface area contributed by atoms with E-state index in [1.54, 1.807) is 0 Å². The molecule has 0 aliphatic carbocycles. The maximum Gasteiger partial charge on any atom is 0.407 e. The minimum Gasteiger partial charge on any atom is -0.444 e. The second-order valence-corrected chi connectivity index (χ2v) is 5.15. The van der Waals surface area contributed by atoms with Crippen molar-refractivity contribution in [3.8, 4) is 0 Å². The molecule has 0 radical (unpaired) electrons. The van der Waals surface area contributed by atoms with Crippen LogP contribution in [0, 0.1) is 0 Å². The Morgan fingerprint density at radius 3 is 2.75 bits per heavy atom.